The van der Waals surface area contributed by atoms with Gasteiger partial charge in [0.25, 0.3) is 0 Å². The van der Waals surface area contributed by atoms with E-state index in [0.717, 1.165) is 63.4 Å². The van der Waals surface area contributed by atoms with E-state index < -0.39 is 0 Å². The first-order chi connectivity index (χ1) is 18.5. The van der Waals surface area contributed by atoms with Crippen molar-refractivity contribution < 1.29 is 9.59 Å². The molecule has 200 valence electrons. The summed E-state index contributed by atoms with van der Waals surface area (Å²) in [5.74, 6) is 0.153. The third-order valence-electron chi connectivity index (χ3n) is 8.16. The maximum absolute atomic E-state index is 13.0. The lowest BCUT2D eigenvalue weighted by Gasteiger charge is -2.36. The molecule has 38 heavy (non-hydrogen) atoms. The standard InChI is InChI=1S/C31H39N5O2/c1-23(28-12-6-9-25-8-3-4-11-29(25)28)35-15-13-26(14-16-35)30(37)32-22-24-7-5-10-27(21-24)33-31(38)36-19-17-34(2)18-20-36/h3-12,21,23,26H,13-20,22H2,1-2H3,(H,32,37)(H,33,38)/t23-/m1/s1. The van der Waals surface area contributed by atoms with Crippen LogP contribution in [0.4, 0.5) is 10.5 Å². The summed E-state index contributed by atoms with van der Waals surface area (Å²) in [7, 11) is 2.07. The Morgan fingerprint density at radius 3 is 2.39 bits per heavy atom. The van der Waals surface area contributed by atoms with E-state index >= 15 is 0 Å². The summed E-state index contributed by atoms with van der Waals surface area (Å²) in [4.78, 5) is 32.2. The molecule has 7 nitrogen and oxygen atoms in total. The van der Waals surface area contributed by atoms with Gasteiger partial charge in [0, 0.05) is 50.4 Å². The second-order valence-electron chi connectivity index (χ2n) is 10.7. The number of anilines is 1. The minimum absolute atomic E-state index is 0.0334. The number of likely N-dealkylation sites (N-methyl/N-ethyl adjacent to an activating group) is 1. The topological polar surface area (TPSA) is 67.9 Å². The van der Waals surface area contributed by atoms with Gasteiger partial charge in [-0.2, -0.15) is 0 Å². The molecule has 2 aliphatic heterocycles. The van der Waals surface area contributed by atoms with Crippen LogP contribution in [0, 0.1) is 5.92 Å². The minimum atomic E-state index is -0.0659. The molecule has 0 unspecified atom stereocenters. The number of fused-ring (bicyclic) bond motifs is 1. The molecule has 2 heterocycles. The first kappa shape index (κ1) is 26.2. The summed E-state index contributed by atoms with van der Waals surface area (Å²) < 4.78 is 0. The van der Waals surface area contributed by atoms with Gasteiger partial charge in [-0.25, -0.2) is 4.79 Å². The fourth-order valence-electron chi connectivity index (χ4n) is 5.67. The van der Waals surface area contributed by atoms with E-state index in [4.69, 9.17) is 0 Å². The number of likely N-dealkylation sites (tertiary alicyclic amines) is 1. The number of amides is 3. The van der Waals surface area contributed by atoms with E-state index in [9.17, 15) is 9.59 Å². The molecular formula is C31H39N5O2. The monoisotopic (exact) mass is 513 g/mol. The second-order valence-corrected chi connectivity index (χ2v) is 10.7. The van der Waals surface area contributed by atoms with Crippen LogP contribution in [0.5, 0.6) is 0 Å². The van der Waals surface area contributed by atoms with E-state index in [2.05, 4.69) is 76.9 Å². The molecule has 2 N–H and O–H groups in total. The lowest BCUT2D eigenvalue weighted by Crippen LogP contribution is -2.48. The summed E-state index contributed by atoms with van der Waals surface area (Å²) in [6.07, 6.45) is 1.73. The minimum Gasteiger partial charge on any atom is -0.352 e. The number of nitrogens with zero attached hydrogens (tertiary/aromatic N) is 3. The Kier molecular flexibility index (Phi) is 8.25. The summed E-state index contributed by atoms with van der Waals surface area (Å²) in [6, 6.07) is 23.1. The molecule has 5 rings (SSSR count). The highest BCUT2D eigenvalue weighted by molar-refractivity contribution is 5.89. The number of piperidine rings is 1. The largest absolute Gasteiger partial charge is 0.352 e. The summed E-state index contributed by atoms with van der Waals surface area (Å²) in [5.41, 5.74) is 3.10. The maximum Gasteiger partial charge on any atom is 0.321 e. The van der Waals surface area contributed by atoms with Gasteiger partial charge in [-0.3, -0.25) is 9.69 Å². The van der Waals surface area contributed by atoms with Gasteiger partial charge in [0.05, 0.1) is 0 Å². The lowest BCUT2D eigenvalue weighted by molar-refractivity contribution is -0.126. The van der Waals surface area contributed by atoms with Crippen LogP contribution in [0.2, 0.25) is 0 Å². The zero-order valence-electron chi connectivity index (χ0n) is 22.5. The van der Waals surface area contributed by atoms with Gasteiger partial charge < -0.3 is 20.4 Å². The Balaban J connectivity index is 1.10. The predicted octanol–water partition coefficient (Wildman–Crippen LogP) is 4.71. The molecule has 7 heteroatoms. The Hall–Kier alpha value is -3.42. The Bertz CT molecular complexity index is 1260. The van der Waals surface area contributed by atoms with Crippen molar-refractivity contribution in [3.63, 3.8) is 0 Å². The molecule has 0 radical (unpaired) electrons. The first-order valence-corrected chi connectivity index (χ1v) is 13.8. The normalized spacial score (nSPS) is 18.3. The molecule has 2 aliphatic rings. The highest BCUT2D eigenvalue weighted by Gasteiger charge is 2.28. The summed E-state index contributed by atoms with van der Waals surface area (Å²) >= 11 is 0. The van der Waals surface area contributed by atoms with E-state index in [-0.39, 0.29) is 17.9 Å². The van der Waals surface area contributed by atoms with Crippen LogP contribution < -0.4 is 10.6 Å². The van der Waals surface area contributed by atoms with Gasteiger partial charge in [-0.05, 0) is 73.9 Å². The van der Waals surface area contributed by atoms with E-state index in [1.54, 1.807) is 0 Å². The number of rotatable bonds is 6. The van der Waals surface area contributed by atoms with Gasteiger partial charge >= 0.3 is 6.03 Å². The quantitative estimate of drug-likeness (QED) is 0.501. The molecule has 3 aromatic carbocycles. The highest BCUT2D eigenvalue weighted by atomic mass is 16.2. The Morgan fingerprint density at radius 2 is 1.61 bits per heavy atom. The molecule has 2 fully saturated rings. The number of piperazine rings is 1. The molecule has 2 saturated heterocycles. The van der Waals surface area contributed by atoms with Crippen LogP contribution in [0.15, 0.2) is 66.7 Å². The van der Waals surface area contributed by atoms with Crippen LogP contribution >= 0.6 is 0 Å². The molecular weight excluding hydrogens is 474 g/mol. The molecule has 0 aromatic heterocycles. The molecule has 0 bridgehead atoms. The van der Waals surface area contributed by atoms with Crippen molar-refractivity contribution in [2.75, 3.05) is 51.6 Å². The van der Waals surface area contributed by atoms with Gasteiger partial charge in [0.1, 0.15) is 0 Å². The molecule has 0 saturated carbocycles. The molecule has 3 amide bonds. The average Bonchev–Trinajstić information content (AvgIpc) is 2.96. The van der Waals surface area contributed by atoms with Gasteiger partial charge in [-0.15, -0.1) is 0 Å². The number of urea groups is 1. The van der Waals surface area contributed by atoms with E-state index in [1.807, 2.05) is 29.2 Å². The maximum atomic E-state index is 13.0. The van der Waals surface area contributed by atoms with Crippen molar-refractivity contribution in [3.05, 3.63) is 77.9 Å². The number of carbonyl (C=O) groups is 2. The number of nitrogens with one attached hydrogen (secondary N) is 2. The molecule has 1 atom stereocenters. The van der Waals surface area contributed by atoms with Crippen molar-refractivity contribution in [2.24, 2.45) is 5.92 Å². The Morgan fingerprint density at radius 1 is 0.895 bits per heavy atom. The number of hydrogen-bond acceptors (Lipinski definition) is 4. The van der Waals surface area contributed by atoms with Gasteiger partial charge in [-0.1, -0.05) is 54.6 Å². The van der Waals surface area contributed by atoms with E-state index in [0.29, 0.717) is 12.6 Å². The zero-order valence-corrected chi connectivity index (χ0v) is 22.5. The highest BCUT2D eigenvalue weighted by Crippen LogP contribution is 2.31. The van der Waals surface area contributed by atoms with Crippen molar-refractivity contribution >= 4 is 28.4 Å². The van der Waals surface area contributed by atoms with Crippen LogP contribution in [0.25, 0.3) is 10.8 Å². The number of hydrogen-bond donors (Lipinski definition) is 2. The van der Waals surface area contributed by atoms with Crippen LogP contribution in [0.1, 0.15) is 36.9 Å². The smallest absolute Gasteiger partial charge is 0.321 e. The van der Waals surface area contributed by atoms with Crippen molar-refractivity contribution in [1.82, 2.24) is 20.0 Å². The lowest BCUT2D eigenvalue weighted by atomic mass is 9.92. The van der Waals surface area contributed by atoms with E-state index in [1.165, 1.54) is 16.3 Å². The average molecular weight is 514 g/mol. The Labute approximate surface area is 225 Å². The summed E-state index contributed by atoms with van der Waals surface area (Å²) in [5, 5.41) is 8.72. The van der Waals surface area contributed by atoms with Crippen molar-refractivity contribution in [1.29, 1.82) is 0 Å². The van der Waals surface area contributed by atoms with Crippen LogP contribution in [-0.2, 0) is 11.3 Å². The third kappa shape index (κ3) is 6.17. The SMILES string of the molecule is C[C@H](c1cccc2ccccc12)N1CCC(C(=O)NCc2cccc(NC(=O)N3CCN(C)CC3)c2)CC1. The predicted molar refractivity (Wildman–Crippen MR) is 153 cm³/mol. The molecule has 3 aromatic rings. The molecule has 0 aliphatic carbocycles. The summed E-state index contributed by atoms with van der Waals surface area (Å²) in [6.45, 7) is 7.81. The third-order valence-corrected chi connectivity index (χ3v) is 8.16. The van der Waals surface area contributed by atoms with Gasteiger partial charge in [0.2, 0.25) is 5.91 Å². The second kappa shape index (κ2) is 12.0. The van der Waals surface area contributed by atoms with Crippen LogP contribution in [0.3, 0.4) is 0 Å². The number of carbonyl (C=O) groups excluding carboxylic acids is 2. The van der Waals surface area contributed by atoms with Crippen molar-refractivity contribution in [2.45, 2.75) is 32.4 Å². The zero-order chi connectivity index (χ0) is 26.5. The van der Waals surface area contributed by atoms with Crippen molar-refractivity contribution in [3.8, 4) is 0 Å². The number of benzene rings is 3. The first-order valence-electron chi connectivity index (χ1n) is 13.8. The van der Waals surface area contributed by atoms with Crippen LogP contribution in [-0.4, -0.2) is 73.0 Å². The fraction of sp³-hybridized carbons (Fsp3) is 0.419. The van der Waals surface area contributed by atoms with Gasteiger partial charge in [0.15, 0.2) is 0 Å². The fourth-order valence-corrected chi connectivity index (χ4v) is 5.67. The molecule has 0 spiro atoms.